The molecule has 0 radical (unpaired) electrons. The average Bonchev–Trinajstić information content (AvgIpc) is 3.44. The summed E-state index contributed by atoms with van der Waals surface area (Å²) in [6.07, 6.45) is 4.35. The fraction of sp³-hybridized carbons (Fsp3) is 0.385. The zero-order chi connectivity index (χ0) is 26.4. The number of benzene rings is 2. The lowest BCUT2D eigenvalue weighted by molar-refractivity contribution is 0.447. The summed E-state index contributed by atoms with van der Waals surface area (Å²) in [5, 5.41) is 12.8. The number of aromatic nitrogens is 6. The van der Waals surface area contributed by atoms with Crippen LogP contribution in [-0.4, -0.2) is 29.8 Å². The van der Waals surface area contributed by atoms with Gasteiger partial charge in [0.05, 0.1) is 33.3 Å². The van der Waals surface area contributed by atoms with Gasteiger partial charge in [-0.2, -0.15) is 5.10 Å². The normalized spacial score (nSPS) is 12.4. The van der Waals surface area contributed by atoms with Crippen LogP contribution in [0.4, 0.5) is 8.78 Å². The average molecular weight is 533 g/mol. The van der Waals surface area contributed by atoms with Gasteiger partial charge in [-0.3, -0.25) is 0 Å². The van der Waals surface area contributed by atoms with Gasteiger partial charge in [-0.15, -0.1) is 5.10 Å². The molecule has 0 unspecified atom stereocenters. The van der Waals surface area contributed by atoms with Crippen LogP contribution in [0.15, 0.2) is 36.8 Å². The first-order valence-electron chi connectivity index (χ1n) is 11.6. The highest BCUT2D eigenvalue weighted by atomic mass is 35.5. The van der Waals surface area contributed by atoms with Gasteiger partial charge in [-0.25, -0.2) is 23.1 Å². The third-order valence-corrected chi connectivity index (χ3v) is 6.89. The van der Waals surface area contributed by atoms with Crippen LogP contribution >= 0.6 is 23.2 Å². The first-order chi connectivity index (χ1) is 16.8. The Morgan fingerprint density at radius 1 is 0.889 bits per heavy atom. The minimum absolute atomic E-state index is 0.0271. The van der Waals surface area contributed by atoms with E-state index in [4.69, 9.17) is 23.2 Å². The van der Waals surface area contributed by atoms with Crippen LogP contribution in [0.3, 0.4) is 0 Å². The Kier molecular flexibility index (Phi) is 6.96. The summed E-state index contributed by atoms with van der Waals surface area (Å²) >= 11 is 12.4. The SMILES string of the molecule is Cc1ncnn1-c1cc(Cl)c(F)c(C(C)(C)CCc2cn(-c3cc(Cl)c(F)c(C(C)(C)C)c3)nn2)c1. The molecule has 4 rings (SSSR count). The van der Waals surface area contributed by atoms with Crippen LogP contribution in [0.5, 0.6) is 0 Å². The third kappa shape index (κ3) is 5.15. The van der Waals surface area contributed by atoms with Crippen molar-refractivity contribution >= 4 is 23.2 Å². The molecule has 36 heavy (non-hydrogen) atoms. The largest absolute Gasteiger partial charge is 0.220 e. The van der Waals surface area contributed by atoms with Crippen molar-refractivity contribution in [2.24, 2.45) is 0 Å². The van der Waals surface area contributed by atoms with E-state index < -0.39 is 22.5 Å². The molecule has 0 saturated heterocycles. The minimum Gasteiger partial charge on any atom is -0.220 e. The lowest BCUT2D eigenvalue weighted by Crippen LogP contribution is -2.21. The van der Waals surface area contributed by atoms with E-state index in [2.05, 4.69) is 20.4 Å². The first kappa shape index (κ1) is 26.2. The third-order valence-electron chi connectivity index (χ3n) is 6.34. The summed E-state index contributed by atoms with van der Waals surface area (Å²) in [7, 11) is 0. The van der Waals surface area contributed by atoms with Crippen molar-refractivity contribution in [1.82, 2.24) is 29.8 Å². The molecule has 190 valence electrons. The Hall–Kier alpha value is -2.84. The van der Waals surface area contributed by atoms with Crippen LogP contribution in [-0.2, 0) is 17.3 Å². The van der Waals surface area contributed by atoms with E-state index in [1.807, 2.05) is 41.5 Å². The molecule has 0 fully saturated rings. The van der Waals surface area contributed by atoms with Gasteiger partial charge in [0.15, 0.2) is 0 Å². The quantitative estimate of drug-likeness (QED) is 0.269. The maximum atomic E-state index is 15.1. The van der Waals surface area contributed by atoms with Crippen molar-refractivity contribution in [3.05, 3.63) is 81.1 Å². The van der Waals surface area contributed by atoms with Crippen molar-refractivity contribution < 1.29 is 8.78 Å². The van der Waals surface area contributed by atoms with Crippen molar-refractivity contribution in [2.45, 2.75) is 65.2 Å². The number of aryl methyl sites for hydroxylation is 2. The molecule has 2 aromatic heterocycles. The molecular formula is C26H28Cl2F2N6. The topological polar surface area (TPSA) is 61.4 Å². The van der Waals surface area contributed by atoms with Gasteiger partial charge in [-0.1, -0.05) is 63.0 Å². The molecule has 0 bridgehead atoms. The number of rotatable bonds is 6. The van der Waals surface area contributed by atoms with Crippen molar-refractivity contribution in [3.8, 4) is 11.4 Å². The van der Waals surface area contributed by atoms with E-state index in [-0.39, 0.29) is 10.0 Å². The second-order valence-electron chi connectivity index (χ2n) is 10.6. The molecule has 2 aromatic carbocycles. The van der Waals surface area contributed by atoms with Gasteiger partial charge < -0.3 is 0 Å². The predicted octanol–water partition coefficient (Wildman–Crippen LogP) is 6.95. The van der Waals surface area contributed by atoms with Gasteiger partial charge in [0, 0.05) is 0 Å². The molecule has 0 aliphatic carbocycles. The fourth-order valence-corrected chi connectivity index (χ4v) is 4.54. The van der Waals surface area contributed by atoms with Gasteiger partial charge in [0.25, 0.3) is 0 Å². The van der Waals surface area contributed by atoms with Crippen molar-refractivity contribution in [2.75, 3.05) is 0 Å². The maximum Gasteiger partial charge on any atom is 0.145 e. The summed E-state index contributed by atoms with van der Waals surface area (Å²) in [5.74, 6) is -0.213. The van der Waals surface area contributed by atoms with E-state index in [1.54, 1.807) is 33.8 Å². The zero-order valence-electron chi connectivity index (χ0n) is 21.1. The molecule has 0 saturated carbocycles. The highest BCUT2D eigenvalue weighted by Gasteiger charge is 2.28. The van der Waals surface area contributed by atoms with E-state index in [1.165, 1.54) is 12.4 Å². The number of nitrogens with zero attached hydrogens (tertiary/aromatic N) is 6. The minimum atomic E-state index is -0.569. The smallest absolute Gasteiger partial charge is 0.145 e. The molecule has 0 amide bonds. The lowest BCUT2D eigenvalue weighted by atomic mass is 9.79. The molecule has 0 spiro atoms. The van der Waals surface area contributed by atoms with Gasteiger partial charge >= 0.3 is 0 Å². The number of hydrogen-bond donors (Lipinski definition) is 0. The number of hydrogen-bond acceptors (Lipinski definition) is 4. The fourth-order valence-electron chi connectivity index (χ4n) is 4.11. The van der Waals surface area contributed by atoms with Crippen LogP contribution in [0.25, 0.3) is 11.4 Å². The van der Waals surface area contributed by atoms with Crippen molar-refractivity contribution in [3.63, 3.8) is 0 Å². The van der Waals surface area contributed by atoms with Crippen molar-refractivity contribution in [1.29, 1.82) is 0 Å². The second-order valence-corrected chi connectivity index (χ2v) is 11.4. The van der Waals surface area contributed by atoms with Gasteiger partial charge in [0.1, 0.15) is 23.8 Å². The van der Waals surface area contributed by atoms with E-state index >= 15 is 4.39 Å². The highest BCUT2D eigenvalue weighted by Crippen LogP contribution is 2.36. The molecule has 6 nitrogen and oxygen atoms in total. The lowest BCUT2D eigenvalue weighted by Gasteiger charge is -2.26. The molecule has 0 N–H and O–H groups in total. The summed E-state index contributed by atoms with van der Waals surface area (Å²) in [6.45, 7) is 11.5. The van der Waals surface area contributed by atoms with E-state index in [0.717, 1.165) is 5.69 Å². The van der Waals surface area contributed by atoms with Crippen LogP contribution in [0.2, 0.25) is 10.0 Å². The molecule has 0 atom stereocenters. The predicted molar refractivity (Wildman–Crippen MR) is 137 cm³/mol. The summed E-state index contributed by atoms with van der Waals surface area (Å²) < 4.78 is 32.9. The maximum absolute atomic E-state index is 15.1. The number of halogens is 4. The van der Waals surface area contributed by atoms with Crippen LogP contribution in [0, 0.1) is 18.6 Å². The van der Waals surface area contributed by atoms with Crippen LogP contribution < -0.4 is 0 Å². The standard InChI is InChI=1S/C26H28Cl2F2N6/c1-15-31-14-32-36(15)18-10-20(24(30)22(28)12-18)26(5,6)8-7-16-13-35(34-33-16)17-9-19(25(2,3)4)23(29)21(27)11-17/h9-14H,7-8H2,1-6H3. The first-order valence-corrected chi connectivity index (χ1v) is 12.3. The van der Waals surface area contributed by atoms with E-state index in [9.17, 15) is 4.39 Å². The Bertz CT molecular complexity index is 1420. The molecule has 2 heterocycles. The van der Waals surface area contributed by atoms with Gasteiger partial charge in [0.2, 0.25) is 0 Å². The Morgan fingerprint density at radius 3 is 2.11 bits per heavy atom. The Labute approximate surface area is 219 Å². The molecule has 0 aliphatic rings. The monoisotopic (exact) mass is 532 g/mol. The molecule has 0 aliphatic heterocycles. The second kappa shape index (κ2) is 9.56. The summed E-state index contributed by atoms with van der Waals surface area (Å²) in [6, 6.07) is 6.57. The zero-order valence-corrected chi connectivity index (χ0v) is 22.6. The highest BCUT2D eigenvalue weighted by molar-refractivity contribution is 6.31. The molecule has 10 heteroatoms. The summed E-state index contributed by atoms with van der Waals surface area (Å²) in [5.41, 5.74) is 1.97. The van der Waals surface area contributed by atoms with Crippen LogP contribution in [0.1, 0.15) is 63.7 Å². The van der Waals surface area contributed by atoms with Gasteiger partial charge in [-0.05, 0) is 66.0 Å². The Morgan fingerprint density at radius 2 is 1.50 bits per heavy atom. The Balaban J connectivity index is 1.58. The summed E-state index contributed by atoms with van der Waals surface area (Å²) in [4.78, 5) is 4.14. The molecular weight excluding hydrogens is 505 g/mol. The van der Waals surface area contributed by atoms with E-state index in [0.29, 0.717) is 41.2 Å². The molecule has 4 aromatic rings.